The van der Waals surface area contributed by atoms with Gasteiger partial charge in [0.05, 0.1) is 12.4 Å². The van der Waals surface area contributed by atoms with Crippen molar-refractivity contribution in [3.63, 3.8) is 0 Å². The second-order valence-corrected chi connectivity index (χ2v) is 6.38. The molecule has 1 aliphatic carbocycles. The molecule has 0 spiro atoms. The van der Waals surface area contributed by atoms with Crippen molar-refractivity contribution >= 4 is 16.0 Å². The predicted octanol–water partition coefficient (Wildman–Crippen LogP) is 0.800. The number of methoxy groups -OCH3 is 1. The third-order valence-electron chi connectivity index (χ3n) is 2.72. The van der Waals surface area contributed by atoms with Crippen LogP contribution in [-0.2, 0) is 19.6 Å². The van der Waals surface area contributed by atoms with Gasteiger partial charge in [0.2, 0.25) is 10.0 Å². The van der Waals surface area contributed by atoms with E-state index >= 15 is 0 Å². The molecule has 0 aromatic rings. The average Bonchev–Trinajstić information content (AvgIpc) is 2.99. The lowest BCUT2D eigenvalue weighted by Gasteiger charge is -2.27. The van der Waals surface area contributed by atoms with Crippen LogP contribution in [0.5, 0.6) is 0 Å². The summed E-state index contributed by atoms with van der Waals surface area (Å²) < 4.78 is 30.7. The van der Waals surface area contributed by atoms with Crippen molar-refractivity contribution in [3.8, 4) is 0 Å². The molecule has 0 aromatic carbocycles. The molecule has 0 aliphatic heterocycles. The maximum atomic E-state index is 11.8. The normalized spacial score (nSPS) is 20.2. The first kappa shape index (κ1) is 13.4. The Morgan fingerprint density at radius 2 is 2.06 bits per heavy atom. The largest absolute Gasteiger partial charge is 0.468 e. The lowest BCUT2D eigenvalue weighted by Crippen LogP contribution is -2.53. The number of sulfonamides is 1. The van der Waals surface area contributed by atoms with Gasteiger partial charge in [-0.05, 0) is 26.2 Å². The van der Waals surface area contributed by atoms with Crippen molar-refractivity contribution in [2.45, 2.75) is 50.3 Å². The topological polar surface area (TPSA) is 72.5 Å². The summed E-state index contributed by atoms with van der Waals surface area (Å²) in [5, 5.41) is -0.326. The average molecular weight is 249 g/mol. The van der Waals surface area contributed by atoms with Gasteiger partial charge in [-0.15, -0.1) is 0 Å². The zero-order chi connectivity index (χ0) is 12.4. The highest BCUT2D eigenvalue weighted by atomic mass is 32.2. The van der Waals surface area contributed by atoms with Gasteiger partial charge in [-0.3, -0.25) is 4.79 Å². The van der Waals surface area contributed by atoms with Crippen molar-refractivity contribution in [1.82, 2.24) is 4.72 Å². The summed E-state index contributed by atoms with van der Waals surface area (Å²) in [4.78, 5) is 11.6. The minimum Gasteiger partial charge on any atom is -0.468 e. The zero-order valence-corrected chi connectivity index (χ0v) is 10.8. The van der Waals surface area contributed by atoms with Gasteiger partial charge in [-0.25, -0.2) is 8.42 Å². The maximum Gasteiger partial charge on any atom is 0.326 e. The third kappa shape index (κ3) is 2.95. The van der Waals surface area contributed by atoms with Gasteiger partial charge in [-0.2, -0.15) is 4.72 Å². The highest BCUT2D eigenvalue weighted by molar-refractivity contribution is 7.90. The summed E-state index contributed by atoms with van der Waals surface area (Å²) in [6.45, 7) is 3.47. The molecule has 1 atom stereocenters. The SMILES string of the molecule is CCCC(C)(NS(=O)(=O)C1CC1)C(=O)OC. The lowest BCUT2D eigenvalue weighted by atomic mass is 9.98. The second-order valence-electron chi connectivity index (χ2n) is 4.42. The third-order valence-corrected chi connectivity index (χ3v) is 4.80. The molecule has 1 unspecified atom stereocenters. The van der Waals surface area contributed by atoms with Gasteiger partial charge in [0.25, 0.3) is 0 Å². The fourth-order valence-corrected chi connectivity index (χ4v) is 3.43. The summed E-state index contributed by atoms with van der Waals surface area (Å²) in [6.07, 6.45) is 2.50. The molecule has 1 aliphatic rings. The standard InChI is InChI=1S/C10H19NO4S/c1-4-7-10(2,9(12)15-3)11-16(13,14)8-5-6-8/h8,11H,4-7H2,1-3H3. The van der Waals surface area contributed by atoms with E-state index in [9.17, 15) is 13.2 Å². The quantitative estimate of drug-likeness (QED) is 0.707. The van der Waals surface area contributed by atoms with Gasteiger partial charge in [0.15, 0.2) is 0 Å². The summed E-state index contributed by atoms with van der Waals surface area (Å²) >= 11 is 0. The molecule has 1 rings (SSSR count). The molecule has 16 heavy (non-hydrogen) atoms. The van der Waals surface area contributed by atoms with Crippen LogP contribution in [0.2, 0.25) is 0 Å². The predicted molar refractivity (Wildman–Crippen MR) is 60.4 cm³/mol. The van der Waals surface area contributed by atoms with Crippen LogP contribution in [0, 0.1) is 0 Å². The van der Waals surface area contributed by atoms with E-state index in [-0.39, 0.29) is 5.25 Å². The molecule has 1 fully saturated rings. The van der Waals surface area contributed by atoms with E-state index in [1.807, 2.05) is 6.92 Å². The monoisotopic (exact) mass is 249 g/mol. The first-order valence-electron chi connectivity index (χ1n) is 5.47. The van der Waals surface area contributed by atoms with E-state index in [1.54, 1.807) is 6.92 Å². The van der Waals surface area contributed by atoms with Crippen molar-refractivity contribution in [2.75, 3.05) is 7.11 Å². The summed E-state index contributed by atoms with van der Waals surface area (Å²) in [5.41, 5.74) is -1.13. The van der Waals surface area contributed by atoms with E-state index in [2.05, 4.69) is 9.46 Å². The molecule has 0 saturated heterocycles. The Kier molecular flexibility index (Phi) is 3.96. The van der Waals surface area contributed by atoms with Crippen LogP contribution in [0.1, 0.15) is 39.5 Å². The summed E-state index contributed by atoms with van der Waals surface area (Å²) in [5.74, 6) is -0.529. The van der Waals surface area contributed by atoms with Gasteiger partial charge >= 0.3 is 5.97 Å². The fourth-order valence-electron chi connectivity index (χ4n) is 1.70. The maximum absolute atomic E-state index is 11.8. The molecule has 1 N–H and O–H groups in total. The highest BCUT2D eigenvalue weighted by Gasteiger charge is 2.43. The van der Waals surface area contributed by atoms with Crippen molar-refractivity contribution in [1.29, 1.82) is 0 Å². The van der Waals surface area contributed by atoms with Crippen LogP contribution >= 0.6 is 0 Å². The first-order valence-corrected chi connectivity index (χ1v) is 7.01. The van der Waals surface area contributed by atoms with Crippen LogP contribution in [0.4, 0.5) is 0 Å². The minimum absolute atomic E-state index is 0.326. The van der Waals surface area contributed by atoms with Gasteiger partial charge < -0.3 is 4.74 Å². The van der Waals surface area contributed by atoms with Crippen molar-refractivity contribution in [3.05, 3.63) is 0 Å². The molecular formula is C10H19NO4S. The molecule has 0 aromatic heterocycles. The fraction of sp³-hybridized carbons (Fsp3) is 0.900. The smallest absolute Gasteiger partial charge is 0.326 e. The lowest BCUT2D eigenvalue weighted by molar-refractivity contribution is -0.147. The Labute approximate surface area is 96.6 Å². The van der Waals surface area contributed by atoms with E-state index in [4.69, 9.17) is 0 Å². The molecular weight excluding hydrogens is 230 g/mol. The number of carbonyl (C=O) groups is 1. The van der Waals surface area contributed by atoms with Crippen LogP contribution in [-0.4, -0.2) is 32.3 Å². The number of esters is 1. The Balaban J connectivity index is 2.81. The number of nitrogens with one attached hydrogen (secondary N) is 1. The number of carbonyl (C=O) groups excluding carboxylic acids is 1. The zero-order valence-electron chi connectivity index (χ0n) is 9.95. The molecule has 94 valence electrons. The van der Waals surface area contributed by atoms with Crippen LogP contribution < -0.4 is 4.72 Å². The second kappa shape index (κ2) is 4.71. The Morgan fingerprint density at radius 3 is 2.44 bits per heavy atom. The molecule has 0 heterocycles. The first-order chi connectivity index (χ1) is 7.35. The molecule has 1 saturated carbocycles. The summed E-state index contributed by atoms with van der Waals surface area (Å²) in [6, 6.07) is 0. The van der Waals surface area contributed by atoms with Crippen LogP contribution in [0.25, 0.3) is 0 Å². The molecule has 5 nitrogen and oxygen atoms in total. The number of hydrogen-bond donors (Lipinski definition) is 1. The van der Waals surface area contributed by atoms with E-state index in [0.29, 0.717) is 25.7 Å². The minimum atomic E-state index is -3.37. The number of rotatable bonds is 6. The molecule has 0 radical (unpaired) electrons. The summed E-state index contributed by atoms with van der Waals surface area (Å²) in [7, 11) is -2.11. The Bertz CT molecular complexity index is 361. The van der Waals surface area contributed by atoms with Gasteiger partial charge in [0, 0.05) is 0 Å². The van der Waals surface area contributed by atoms with E-state index in [0.717, 1.165) is 0 Å². The number of ether oxygens (including phenoxy) is 1. The van der Waals surface area contributed by atoms with E-state index < -0.39 is 21.5 Å². The highest BCUT2D eigenvalue weighted by Crippen LogP contribution is 2.29. The van der Waals surface area contributed by atoms with Gasteiger partial charge in [0.1, 0.15) is 5.54 Å². The molecule has 0 bridgehead atoms. The Morgan fingerprint density at radius 1 is 1.50 bits per heavy atom. The van der Waals surface area contributed by atoms with Crippen molar-refractivity contribution < 1.29 is 17.9 Å². The van der Waals surface area contributed by atoms with Crippen LogP contribution in [0.15, 0.2) is 0 Å². The Hall–Kier alpha value is -0.620. The number of hydrogen-bond acceptors (Lipinski definition) is 4. The molecule has 0 amide bonds. The van der Waals surface area contributed by atoms with Gasteiger partial charge in [-0.1, -0.05) is 13.3 Å². The van der Waals surface area contributed by atoms with E-state index in [1.165, 1.54) is 7.11 Å². The van der Waals surface area contributed by atoms with Crippen LogP contribution in [0.3, 0.4) is 0 Å². The van der Waals surface area contributed by atoms with Crippen molar-refractivity contribution in [2.24, 2.45) is 0 Å². The molecule has 6 heteroatoms.